The molecule has 1 aromatic rings. The van der Waals surface area contributed by atoms with Crippen LogP contribution in [0.1, 0.15) is 36.8 Å². The van der Waals surface area contributed by atoms with Crippen LogP contribution in [0.2, 0.25) is 0 Å². The molecular formula is C16H22F2N2O. The largest absolute Gasteiger partial charge is 0.342 e. The lowest BCUT2D eigenvalue weighted by Crippen LogP contribution is -2.42. The average molecular weight is 296 g/mol. The molecule has 1 aliphatic heterocycles. The number of halogens is 2. The first kappa shape index (κ1) is 15.9. The summed E-state index contributed by atoms with van der Waals surface area (Å²) < 4.78 is 25.4. The predicted octanol–water partition coefficient (Wildman–Crippen LogP) is 2.75. The number of hydrogen-bond acceptors (Lipinski definition) is 2. The van der Waals surface area contributed by atoms with Crippen LogP contribution in [0.3, 0.4) is 0 Å². The molecule has 0 bridgehead atoms. The Morgan fingerprint density at radius 2 is 1.95 bits per heavy atom. The number of likely N-dealkylation sites (tertiary alicyclic amines) is 1. The molecule has 1 atom stereocenters. The Morgan fingerprint density at radius 1 is 1.24 bits per heavy atom. The minimum atomic E-state index is -2.49. The van der Waals surface area contributed by atoms with Gasteiger partial charge in [-0.1, -0.05) is 24.3 Å². The van der Waals surface area contributed by atoms with Gasteiger partial charge in [0, 0.05) is 25.2 Å². The molecule has 21 heavy (non-hydrogen) atoms. The van der Waals surface area contributed by atoms with Crippen LogP contribution in [0.15, 0.2) is 24.3 Å². The van der Waals surface area contributed by atoms with Crippen LogP contribution in [-0.4, -0.2) is 30.4 Å². The Hall–Kier alpha value is -1.49. The number of nitrogens with two attached hydrogens (primary N) is 1. The van der Waals surface area contributed by atoms with Gasteiger partial charge in [0.15, 0.2) is 0 Å². The molecule has 5 heteroatoms. The third kappa shape index (κ3) is 4.24. The SMILES string of the molecule is NCC(Cc1cccc(C(F)F)c1)C(=O)N1CCCCC1. The number of alkyl halides is 2. The summed E-state index contributed by atoms with van der Waals surface area (Å²) in [6.45, 7) is 1.81. The first-order chi connectivity index (χ1) is 10.1. The van der Waals surface area contributed by atoms with Gasteiger partial charge in [0.1, 0.15) is 0 Å². The highest BCUT2D eigenvalue weighted by Gasteiger charge is 2.24. The normalized spacial score (nSPS) is 17.0. The lowest BCUT2D eigenvalue weighted by molar-refractivity contribution is -0.136. The fourth-order valence-electron chi connectivity index (χ4n) is 2.78. The van der Waals surface area contributed by atoms with E-state index in [9.17, 15) is 13.6 Å². The van der Waals surface area contributed by atoms with Crippen molar-refractivity contribution in [2.24, 2.45) is 11.7 Å². The molecule has 0 spiro atoms. The highest BCUT2D eigenvalue weighted by Crippen LogP contribution is 2.21. The summed E-state index contributed by atoms with van der Waals surface area (Å²) in [5.74, 6) is -0.268. The molecule has 3 nitrogen and oxygen atoms in total. The van der Waals surface area contributed by atoms with Crippen LogP contribution in [0.25, 0.3) is 0 Å². The molecular weight excluding hydrogens is 274 g/mol. The second-order valence-electron chi connectivity index (χ2n) is 5.57. The maximum atomic E-state index is 12.7. The molecule has 1 fully saturated rings. The van der Waals surface area contributed by atoms with Crippen molar-refractivity contribution in [2.75, 3.05) is 19.6 Å². The maximum absolute atomic E-state index is 12.7. The number of carbonyl (C=O) groups is 1. The Balaban J connectivity index is 2.04. The number of amides is 1. The van der Waals surface area contributed by atoms with Crippen molar-refractivity contribution in [2.45, 2.75) is 32.1 Å². The Kier molecular flexibility index (Phi) is 5.67. The number of rotatable bonds is 5. The summed E-state index contributed by atoms with van der Waals surface area (Å²) in [5, 5.41) is 0. The summed E-state index contributed by atoms with van der Waals surface area (Å²) in [7, 11) is 0. The van der Waals surface area contributed by atoms with Gasteiger partial charge >= 0.3 is 0 Å². The topological polar surface area (TPSA) is 46.3 Å². The van der Waals surface area contributed by atoms with Crippen molar-refractivity contribution in [3.8, 4) is 0 Å². The molecule has 2 rings (SSSR count). The van der Waals surface area contributed by atoms with Crippen molar-refractivity contribution in [1.82, 2.24) is 4.90 Å². The highest BCUT2D eigenvalue weighted by molar-refractivity contribution is 5.79. The van der Waals surface area contributed by atoms with Crippen molar-refractivity contribution in [3.63, 3.8) is 0 Å². The first-order valence-corrected chi connectivity index (χ1v) is 7.47. The van der Waals surface area contributed by atoms with Gasteiger partial charge in [-0.3, -0.25) is 4.79 Å². The monoisotopic (exact) mass is 296 g/mol. The molecule has 0 aliphatic carbocycles. The van der Waals surface area contributed by atoms with Gasteiger partial charge in [-0.05, 0) is 31.2 Å². The number of hydrogen-bond donors (Lipinski definition) is 1. The number of nitrogens with zero attached hydrogens (tertiary/aromatic N) is 1. The van der Waals surface area contributed by atoms with Gasteiger partial charge in [-0.25, -0.2) is 8.78 Å². The van der Waals surface area contributed by atoms with E-state index in [0.29, 0.717) is 6.42 Å². The lowest BCUT2D eigenvalue weighted by Gasteiger charge is -2.30. The summed E-state index contributed by atoms with van der Waals surface area (Å²) >= 11 is 0. The van der Waals surface area contributed by atoms with Crippen molar-refractivity contribution in [3.05, 3.63) is 35.4 Å². The molecule has 0 saturated carbocycles. The van der Waals surface area contributed by atoms with Crippen LogP contribution >= 0.6 is 0 Å². The molecule has 1 aliphatic rings. The Labute approximate surface area is 124 Å². The van der Waals surface area contributed by atoms with E-state index in [4.69, 9.17) is 5.73 Å². The zero-order valence-electron chi connectivity index (χ0n) is 12.1. The van der Waals surface area contributed by atoms with E-state index in [1.807, 2.05) is 4.90 Å². The van der Waals surface area contributed by atoms with E-state index >= 15 is 0 Å². The van der Waals surface area contributed by atoms with Crippen LogP contribution < -0.4 is 5.73 Å². The predicted molar refractivity (Wildman–Crippen MR) is 78.1 cm³/mol. The first-order valence-electron chi connectivity index (χ1n) is 7.47. The van der Waals surface area contributed by atoms with E-state index in [0.717, 1.165) is 37.9 Å². The molecule has 1 aromatic carbocycles. The molecule has 1 amide bonds. The fourth-order valence-corrected chi connectivity index (χ4v) is 2.78. The van der Waals surface area contributed by atoms with Crippen LogP contribution in [0.4, 0.5) is 8.78 Å². The van der Waals surface area contributed by atoms with E-state index < -0.39 is 6.43 Å². The Bertz CT molecular complexity index is 473. The lowest BCUT2D eigenvalue weighted by atomic mass is 9.96. The molecule has 0 aromatic heterocycles. The molecule has 2 N–H and O–H groups in total. The van der Waals surface area contributed by atoms with E-state index in [2.05, 4.69) is 0 Å². The van der Waals surface area contributed by atoms with Gasteiger partial charge in [0.2, 0.25) is 5.91 Å². The average Bonchev–Trinajstić information content (AvgIpc) is 2.53. The molecule has 1 heterocycles. The van der Waals surface area contributed by atoms with Gasteiger partial charge in [-0.15, -0.1) is 0 Å². The maximum Gasteiger partial charge on any atom is 0.263 e. The van der Waals surface area contributed by atoms with Gasteiger partial charge in [0.25, 0.3) is 6.43 Å². The van der Waals surface area contributed by atoms with Crippen molar-refractivity contribution >= 4 is 5.91 Å². The number of benzene rings is 1. The summed E-state index contributed by atoms with van der Waals surface area (Å²) in [6, 6.07) is 6.25. The van der Waals surface area contributed by atoms with E-state index in [-0.39, 0.29) is 23.9 Å². The summed E-state index contributed by atoms with van der Waals surface area (Å²) in [5.41, 5.74) is 6.47. The molecule has 1 unspecified atom stereocenters. The Morgan fingerprint density at radius 3 is 2.57 bits per heavy atom. The second kappa shape index (κ2) is 7.50. The van der Waals surface area contributed by atoms with Crippen molar-refractivity contribution < 1.29 is 13.6 Å². The van der Waals surface area contributed by atoms with Crippen molar-refractivity contribution in [1.29, 1.82) is 0 Å². The van der Waals surface area contributed by atoms with Gasteiger partial charge in [-0.2, -0.15) is 0 Å². The smallest absolute Gasteiger partial charge is 0.263 e. The molecule has 116 valence electrons. The minimum Gasteiger partial charge on any atom is -0.342 e. The third-order valence-corrected chi connectivity index (χ3v) is 3.99. The molecule has 0 radical (unpaired) electrons. The standard InChI is InChI=1S/C16H22F2N2O/c17-15(18)13-6-4-5-12(9-13)10-14(11-19)16(21)20-7-2-1-3-8-20/h4-6,9,14-15H,1-3,7-8,10-11,19H2. The van der Waals surface area contributed by atoms with E-state index in [1.165, 1.54) is 12.1 Å². The minimum absolute atomic E-state index is 0.00584. The van der Waals surface area contributed by atoms with Gasteiger partial charge in [0.05, 0.1) is 5.92 Å². The van der Waals surface area contributed by atoms with Crippen LogP contribution in [-0.2, 0) is 11.2 Å². The third-order valence-electron chi connectivity index (χ3n) is 3.99. The molecule has 1 saturated heterocycles. The quantitative estimate of drug-likeness (QED) is 0.908. The van der Waals surface area contributed by atoms with Crippen LogP contribution in [0, 0.1) is 5.92 Å². The zero-order valence-corrected chi connectivity index (χ0v) is 12.1. The second-order valence-corrected chi connectivity index (χ2v) is 5.57. The highest BCUT2D eigenvalue weighted by atomic mass is 19.3. The zero-order chi connectivity index (χ0) is 15.2. The van der Waals surface area contributed by atoms with E-state index in [1.54, 1.807) is 12.1 Å². The summed E-state index contributed by atoms with van der Waals surface area (Å²) in [6.07, 6.45) is 1.16. The summed E-state index contributed by atoms with van der Waals surface area (Å²) in [4.78, 5) is 14.3. The fraction of sp³-hybridized carbons (Fsp3) is 0.562. The van der Waals surface area contributed by atoms with Gasteiger partial charge < -0.3 is 10.6 Å². The number of piperidine rings is 1. The van der Waals surface area contributed by atoms with Crippen LogP contribution in [0.5, 0.6) is 0 Å². The number of carbonyl (C=O) groups excluding carboxylic acids is 1.